The molecule has 2 N–H and O–H groups in total. The highest BCUT2D eigenvalue weighted by Gasteiger charge is 2.05. The number of halogens is 2. The Morgan fingerprint density at radius 1 is 1.19 bits per heavy atom. The number of aliphatic hydroxyl groups excluding tert-OH is 1. The summed E-state index contributed by atoms with van der Waals surface area (Å²) >= 11 is 9.60. The van der Waals surface area contributed by atoms with Crippen molar-refractivity contribution in [3.8, 4) is 5.75 Å². The standard InChI is InChI=1S/C16H17BrClNO2/c1-2-21-16-6-4-14(8-12(16)10-20)19-9-11-7-13(17)3-5-15(11)18/h3-8,19-20H,2,9-10H2,1H3. The Morgan fingerprint density at radius 3 is 2.71 bits per heavy atom. The monoisotopic (exact) mass is 369 g/mol. The first kappa shape index (κ1) is 16.1. The highest BCUT2D eigenvalue weighted by molar-refractivity contribution is 9.10. The molecular formula is C16H17BrClNO2. The van der Waals surface area contributed by atoms with E-state index in [4.69, 9.17) is 16.3 Å². The van der Waals surface area contributed by atoms with Crippen molar-refractivity contribution in [2.24, 2.45) is 0 Å². The quantitative estimate of drug-likeness (QED) is 0.780. The summed E-state index contributed by atoms with van der Waals surface area (Å²) < 4.78 is 6.46. The number of anilines is 1. The van der Waals surface area contributed by atoms with Crippen molar-refractivity contribution in [1.82, 2.24) is 0 Å². The molecule has 0 bridgehead atoms. The van der Waals surface area contributed by atoms with Crippen molar-refractivity contribution in [3.05, 3.63) is 57.0 Å². The maximum Gasteiger partial charge on any atom is 0.124 e. The Morgan fingerprint density at radius 2 is 2.00 bits per heavy atom. The molecule has 0 aliphatic rings. The third kappa shape index (κ3) is 4.37. The van der Waals surface area contributed by atoms with E-state index in [1.54, 1.807) is 0 Å². The molecule has 0 saturated carbocycles. The Labute approximate surface area is 138 Å². The summed E-state index contributed by atoms with van der Waals surface area (Å²) in [7, 11) is 0. The summed E-state index contributed by atoms with van der Waals surface area (Å²) in [5.74, 6) is 0.714. The molecule has 0 aromatic heterocycles. The third-order valence-corrected chi connectivity index (χ3v) is 3.88. The van der Waals surface area contributed by atoms with Gasteiger partial charge in [-0.3, -0.25) is 0 Å². The zero-order valence-corrected chi connectivity index (χ0v) is 14.0. The fraction of sp³-hybridized carbons (Fsp3) is 0.250. The van der Waals surface area contributed by atoms with E-state index in [1.807, 2.05) is 43.3 Å². The number of hydrogen-bond donors (Lipinski definition) is 2. The van der Waals surface area contributed by atoms with Crippen LogP contribution >= 0.6 is 27.5 Å². The summed E-state index contributed by atoms with van der Waals surface area (Å²) in [6.07, 6.45) is 0. The molecule has 0 fully saturated rings. The van der Waals surface area contributed by atoms with Crippen molar-refractivity contribution in [1.29, 1.82) is 0 Å². The molecule has 0 amide bonds. The van der Waals surface area contributed by atoms with Crippen LogP contribution in [0.15, 0.2) is 40.9 Å². The van der Waals surface area contributed by atoms with Crippen LogP contribution in [-0.4, -0.2) is 11.7 Å². The maximum absolute atomic E-state index is 9.40. The minimum absolute atomic E-state index is 0.0531. The zero-order chi connectivity index (χ0) is 15.2. The SMILES string of the molecule is CCOc1ccc(NCc2cc(Br)ccc2Cl)cc1CO. The fourth-order valence-electron chi connectivity index (χ4n) is 1.99. The van der Waals surface area contributed by atoms with Crippen molar-refractivity contribution in [3.63, 3.8) is 0 Å². The molecule has 0 aliphatic heterocycles. The average Bonchev–Trinajstić information content (AvgIpc) is 2.49. The van der Waals surface area contributed by atoms with Crippen LogP contribution in [0.1, 0.15) is 18.1 Å². The molecule has 0 radical (unpaired) electrons. The van der Waals surface area contributed by atoms with Crippen LogP contribution in [0.4, 0.5) is 5.69 Å². The Kier molecular flexibility index (Phi) is 5.91. The lowest BCUT2D eigenvalue weighted by Gasteiger charge is -2.13. The molecule has 3 nitrogen and oxygen atoms in total. The van der Waals surface area contributed by atoms with Gasteiger partial charge in [-0.25, -0.2) is 0 Å². The van der Waals surface area contributed by atoms with Gasteiger partial charge in [-0.2, -0.15) is 0 Å². The van der Waals surface area contributed by atoms with Gasteiger partial charge in [0.15, 0.2) is 0 Å². The predicted molar refractivity (Wildman–Crippen MR) is 90.0 cm³/mol. The van der Waals surface area contributed by atoms with Crippen molar-refractivity contribution in [2.45, 2.75) is 20.1 Å². The second kappa shape index (κ2) is 7.69. The number of rotatable bonds is 6. The minimum Gasteiger partial charge on any atom is -0.494 e. The minimum atomic E-state index is -0.0531. The lowest BCUT2D eigenvalue weighted by molar-refractivity contribution is 0.267. The summed E-state index contributed by atoms with van der Waals surface area (Å²) in [5, 5.41) is 13.4. The van der Waals surface area contributed by atoms with Gasteiger partial charge in [-0.05, 0) is 48.9 Å². The van der Waals surface area contributed by atoms with Crippen LogP contribution in [0, 0.1) is 0 Å². The summed E-state index contributed by atoms with van der Waals surface area (Å²) in [5.41, 5.74) is 2.69. The number of hydrogen-bond acceptors (Lipinski definition) is 3. The summed E-state index contributed by atoms with van der Waals surface area (Å²) in [6, 6.07) is 11.4. The molecule has 112 valence electrons. The highest BCUT2D eigenvalue weighted by Crippen LogP contribution is 2.25. The van der Waals surface area contributed by atoms with Gasteiger partial charge in [0.1, 0.15) is 5.75 Å². The lowest BCUT2D eigenvalue weighted by atomic mass is 10.1. The van der Waals surface area contributed by atoms with E-state index in [9.17, 15) is 5.11 Å². The normalized spacial score (nSPS) is 10.5. The highest BCUT2D eigenvalue weighted by atomic mass is 79.9. The van der Waals surface area contributed by atoms with Gasteiger partial charge in [0.25, 0.3) is 0 Å². The van der Waals surface area contributed by atoms with Crippen molar-refractivity contribution in [2.75, 3.05) is 11.9 Å². The number of benzene rings is 2. The third-order valence-electron chi connectivity index (χ3n) is 3.02. The Balaban J connectivity index is 2.11. The maximum atomic E-state index is 9.40. The smallest absolute Gasteiger partial charge is 0.124 e. The van der Waals surface area contributed by atoms with Crippen molar-refractivity contribution >= 4 is 33.2 Å². The number of aliphatic hydroxyl groups is 1. The van der Waals surface area contributed by atoms with Crippen molar-refractivity contribution < 1.29 is 9.84 Å². The predicted octanol–water partition coefficient (Wildman–Crippen LogP) is 4.61. The molecule has 5 heteroatoms. The van der Waals surface area contributed by atoms with Crippen LogP contribution < -0.4 is 10.1 Å². The summed E-state index contributed by atoms with van der Waals surface area (Å²) in [6.45, 7) is 3.05. The van der Waals surface area contributed by atoms with E-state index in [0.29, 0.717) is 18.9 Å². The Hall–Kier alpha value is -1.23. The molecule has 0 heterocycles. The van der Waals surface area contributed by atoms with Gasteiger partial charge in [-0.1, -0.05) is 27.5 Å². The molecule has 2 aromatic carbocycles. The fourth-order valence-corrected chi connectivity index (χ4v) is 2.58. The largest absolute Gasteiger partial charge is 0.494 e. The molecule has 21 heavy (non-hydrogen) atoms. The van der Waals surface area contributed by atoms with Gasteiger partial charge < -0.3 is 15.2 Å². The van der Waals surface area contributed by atoms with Crippen LogP contribution in [0.25, 0.3) is 0 Å². The second-order valence-corrected chi connectivity index (χ2v) is 5.83. The van der Waals surface area contributed by atoms with E-state index >= 15 is 0 Å². The van der Waals surface area contributed by atoms with E-state index in [0.717, 1.165) is 26.3 Å². The molecule has 2 rings (SSSR count). The molecule has 2 aromatic rings. The topological polar surface area (TPSA) is 41.5 Å². The number of ether oxygens (including phenoxy) is 1. The molecule has 0 saturated heterocycles. The van der Waals surface area contributed by atoms with E-state index in [2.05, 4.69) is 21.2 Å². The molecular weight excluding hydrogens is 354 g/mol. The van der Waals surface area contributed by atoms with Gasteiger partial charge in [0.2, 0.25) is 0 Å². The van der Waals surface area contributed by atoms with E-state index < -0.39 is 0 Å². The van der Waals surface area contributed by atoms with Gasteiger partial charge >= 0.3 is 0 Å². The molecule has 0 atom stereocenters. The molecule has 0 aliphatic carbocycles. The zero-order valence-electron chi connectivity index (χ0n) is 11.7. The Bertz CT molecular complexity index is 619. The second-order valence-electron chi connectivity index (χ2n) is 4.50. The first-order valence-corrected chi connectivity index (χ1v) is 7.85. The van der Waals surface area contributed by atoms with Crippen LogP contribution in [0.2, 0.25) is 5.02 Å². The van der Waals surface area contributed by atoms with Crippen LogP contribution in [0.5, 0.6) is 5.75 Å². The molecule has 0 unspecified atom stereocenters. The van der Waals surface area contributed by atoms with Gasteiger partial charge in [0.05, 0.1) is 13.2 Å². The van der Waals surface area contributed by atoms with Crippen LogP contribution in [-0.2, 0) is 13.2 Å². The first-order valence-electron chi connectivity index (χ1n) is 6.68. The van der Waals surface area contributed by atoms with Gasteiger partial charge in [0, 0.05) is 27.3 Å². The van der Waals surface area contributed by atoms with E-state index in [1.165, 1.54) is 0 Å². The lowest BCUT2D eigenvalue weighted by Crippen LogP contribution is -2.02. The molecule has 0 spiro atoms. The van der Waals surface area contributed by atoms with Gasteiger partial charge in [-0.15, -0.1) is 0 Å². The van der Waals surface area contributed by atoms with E-state index in [-0.39, 0.29) is 6.61 Å². The summed E-state index contributed by atoms with van der Waals surface area (Å²) in [4.78, 5) is 0. The average molecular weight is 371 g/mol. The van der Waals surface area contributed by atoms with Crippen LogP contribution in [0.3, 0.4) is 0 Å². The first-order chi connectivity index (χ1) is 10.1. The number of nitrogens with one attached hydrogen (secondary N) is 1.